The van der Waals surface area contributed by atoms with Gasteiger partial charge < -0.3 is 9.47 Å². The highest BCUT2D eigenvalue weighted by molar-refractivity contribution is 6.76. The maximum Gasteiger partial charge on any atom is 0.0864 e. The summed E-state index contributed by atoms with van der Waals surface area (Å²) in [4.78, 5) is 0. The molecule has 1 saturated heterocycles. The quantitative estimate of drug-likeness (QED) is 0.708. The van der Waals surface area contributed by atoms with E-state index >= 15 is 0 Å². The molecule has 3 heteroatoms. The Morgan fingerprint density at radius 2 is 1.90 bits per heavy atom. The Bertz CT molecular complexity index is 427. The summed E-state index contributed by atoms with van der Waals surface area (Å²) in [5.41, 5.74) is 1.23. The monoisotopic (exact) mass is 306 g/mol. The number of hydrogen-bond acceptors (Lipinski definition) is 2. The zero-order valence-corrected chi connectivity index (χ0v) is 15.1. The highest BCUT2D eigenvalue weighted by atomic mass is 28.3. The average Bonchev–Trinajstić information content (AvgIpc) is 2.76. The summed E-state index contributed by atoms with van der Waals surface area (Å²) in [6.07, 6.45) is 2.04. The standard InChI is InChI=1S/C18H30O2Si/c1-14-11-17(13-21(3,4)5)20-18(14)15(2)19-12-16-9-7-6-8-10-16/h6-10,14-15,17-18H,11-13H2,1-5H3/t14-,15?,17-,18-/m1/s1. The minimum absolute atomic E-state index is 0.159. The fraction of sp³-hybridized carbons (Fsp3) is 0.667. The normalized spacial score (nSPS) is 27.8. The zero-order chi connectivity index (χ0) is 15.5. The Morgan fingerprint density at radius 3 is 2.52 bits per heavy atom. The fourth-order valence-corrected chi connectivity index (χ4v) is 4.87. The minimum atomic E-state index is -1.05. The molecule has 118 valence electrons. The van der Waals surface area contributed by atoms with E-state index in [1.807, 2.05) is 6.07 Å². The summed E-state index contributed by atoms with van der Waals surface area (Å²) in [6, 6.07) is 11.6. The molecular weight excluding hydrogens is 276 g/mol. The molecule has 0 N–H and O–H groups in total. The molecule has 0 amide bonds. The molecule has 1 aliphatic heterocycles. The van der Waals surface area contributed by atoms with Crippen molar-refractivity contribution in [3.05, 3.63) is 35.9 Å². The molecule has 0 bridgehead atoms. The number of hydrogen-bond donors (Lipinski definition) is 0. The van der Waals surface area contributed by atoms with Crippen molar-refractivity contribution in [2.75, 3.05) is 0 Å². The molecule has 1 aromatic carbocycles. The molecule has 0 aliphatic carbocycles. The molecule has 0 spiro atoms. The topological polar surface area (TPSA) is 18.5 Å². The van der Waals surface area contributed by atoms with Crippen molar-refractivity contribution in [3.8, 4) is 0 Å². The predicted molar refractivity (Wildman–Crippen MR) is 91.3 cm³/mol. The van der Waals surface area contributed by atoms with Crippen LogP contribution in [0.15, 0.2) is 30.3 Å². The Morgan fingerprint density at radius 1 is 1.24 bits per heavy atom. The summed E-state index contributed by atoms with van der Waals surface area (Å²) in [7, 11) is -1.05. The second-order valence-corrected chi connectivity index (χ2v) is 13.2. The number of ether oxygens (including phenoxy) is 2. The van der Waals surface area contributed by atoms with Crippen molar-refractivity contribution < 1.29 is 9.47 Å². The van der Waals surface area contributed by atoms with Gasteiger partial charge in [-0.15, -0.1) is 0 Å². The van der Waals surface area contributed by atoms with Crippen LogP contribution in [0.2, 0.25) is 25.7 Å². The maximum atomic E-state index is 6.31. The molecule has 21 heavy (non-hydrogen) atoms. The molecule has 1 unspecified atom stereocenters. The average molecular weight is 307 g/mol. The van der Waals surface area contributed by atoms with Gasteiger partial charge >= 0.3 is 0 Å². The molecule has 1 fully saturated rings. The van der Waals surface area contributed by atoms with Gasteiger partial charge in [0, 0.05) is 8.07 Å². The van der Waals surface area contributed by atoms with Gasteiger partial charge in [-0.2, -0.15) is 0 Å². The van der Waals surface area contributed by atoms with E-state index in [1.165, 1.54) is 18.0 Å². The first-order valence-electron chi connectivity index (χ1n) is 8.16. The van der Waals surface area contributed by atoms with Crippen LogP contribution >= 0.6 is 0 Å². The molecule has 1 heterocycles. The first kappa shape index (κ1) is 16.7. The highest BCUT2D eigenvalue weighted by Crippen LogP contribution is 2.33. The Hall–Kier alpha value is -0.643. The van der Waals surface area contributed by atoms with Crippen molar-refractivity contribution in [2.24, 2.45) is 5.92 Å². The van der Waals surface area contributed by atoms with Gasteiger partial charge in [0.15, 0.2) is 0 Å². The fourth-order valence-electron chi connectivity index (χ4n) is 3.25. The van der Waals surface area contributed by atoms with E-state index in [2.05, 4.69) is 57.8 Å². The minimum Gasteiger partial charge on any atom is -0.372 e. The van der Waals surface area contributed by atoms with Gasteiger partial charge in [0.1, 0.15) is 0 Å². The largest absolute Gasteiger partial charge is 0.372 e. The molecule has 0 aromatic heterocycles. The lowest BCUT2D eigenvalue weighted by molar-refractivity contribution is -0.0729. The van der Waals surface area contributed by atoms with E-state index in [0.29, 0.717) is 18.6 Å². The van der Waals surface area contributed by atoms with Gasteiger partial charge in [-0.1, -0.05) is 56.9 Å². The Kier molecular flexibility index (Phi) is 5.64. The van der Waals surface area contributed by atoms with E-state index in [1.54, 1.807) is 0 Å². The van der Waals surface area contributed by atoms with Crippen LogP contribution in [0.4, 0.5) is 0 Å². The summed E-state index contributed by atoms with van der Waals surface area (Å²) < 4.78 is 12.4. The summed E-state index contributed by atoms with van der Waals surface area (Å²) in [6.45, 7) is 12.4. The molecule has 1 aromatic rings. The van der Waals surface area contributed by atoms with Crippen molar-refractivity contribution in [1.29, 1.82) is 0 Å². The smallest absolute Gasteiger partial charge is 0.0864 e. The van der Waals surface area contributed by atoms with Crippen LogP contribution in [0.3, 0.4) is 0 Å². The molecule has 2 nitrogen and oxygen atoms in total. The van der Waals surface area contributed by atoms with Gasteiger partial charge in [-0.3, -0.25) is 0 Å². The van der Waals surface area contributed by atoms with Gasteiger partial charge in [0.05, 0.1) is 24.9 Å². The van der Waals surface area contributed by atoms with Crippen molar-refractivity contribution in [2.45, 2.75) is 70.9 Å². The van der Waals surface area contributed by atoms with Crippen LogP contribution in [0.5, 0.6) is 0 Å². The van der Waals surface area contributed by atoms with Crippen molar-refractivity contribution >= 4 is 8.07 Å². The van der Waals surface area contributed by atoms with E-state index < -0.39 is 8.07 Å². The van der Waals surface area contributed by atoms with Crippen molar-refractivity contribution in [1.82, 2.24) is 0 Å². The van der Waals surface area contributed by atoms with Crippen molar-refractivity contribution in [3.63, 3.8) is 0 Å². The predicted octanol–water partition coefficient (Wildman–Crippen LogP) is 4.72. The lowest BCUT2D eigenvalue weighted by atomic mass is 9.99. The summed E-state index contributed by atoms with van der Waals surface area (Å²) in [5, 5.41) is 0. The van der Waals surface area contributed by atoms with Crippen LogP contribution in [-0.4, -0.2) is 26.4 Å². The third-order valence-electron chi connectivity index (χ3n) is 4.20. The third kappa shape index (κ3) is 5.24. The van der Waals surface area contributed by atoms with Gasteiger partial charge in [0.25, 0.3) is 0 Å². The Balaban J connectivity index is 1.83. The number of rotatable bonds is 6. The van der Waals surface area contributed by atoms with E-state index in [-0.39, 0.29) is 12.2 Å². The Labute approximate surface area is 130 Å². The third-order valence-corrected chi connectivity index (χ3v) is 5.88. The molecule has 1 aliphatic rings. The van der Waals surface area contributed by atoms with Crippen LogP contribution < -0.4 is 0 Å². The van der Waals surface area contributed by atoms with Crippen LogP contribution in [0.25, 0.3) is 0 Å². The number of benzene rings is 1. The lowest BCUT2D eigenvalue weighted by Gasteiger charge is -2.25. The zero-order valence-electron chi connectivity index (χ0n) is 14.1. The van der Waals surface area contributed by atoms with E-state index in [4.69, 9.17) is 9.47 Å². The summed E-state index contributed by atoms with van der Waals surface area (Å²) in [5.74, 6) is 0.595. The first-order chi connectivity index (χ1) is 9.85. The maximum absolute atomic E-state index is 6.31. The second kappa shape index (κ2) is 7.08. The second-order valence-electron chi connectivity index (χ2n) is 7.70. The van der Waals surface area contributed by atoms with Gasteiger partial charge in [-0.05, 0) is 30.9 Å². The highest BCUT2D eigenvalue weighted by Gasteiger charge is 2.37. The molecule has 4 atom stereocenters. The SMILES string of the molecule is CC(OCc1ccccc1)[C@@H]1O[C@@H](C[Si](C)(C)C)C[C@H]1C. The van der Waals surface area contributed by atoms with Gasteiger partial charge in [-0.25, -0.2) is 0 Å². The van der Waals surface area contributed by atoms with Gasteiger partial charge in [0.2, 0.25) is 0 Å². The van der Waals surface area contributed by atoms with Crippen LogP contribution in [-0.2, 0) is 16.1 Å². The molecule has 2 rings (SSSR count). The van der Waals surface area contributed by atoms with Crippen LogP contribution in [0.1, 0.15) is 25.8 Å². The van der Waals surface area contributed by atoms with E-state index in [9.17, 15) is 0 Å². The molecule has 0 saturated carbocycles. The molecule has 0 radical (unpaired) electrons. The summed E-state index contributed by atoms with van der Waals surface area (Å²) >= 11 is 0. The molecular formula is C18H30O2Si. The first-order valence-corrected chi connectivity index (χ1v) is 11.9. The van der Waals surface area contributed by atoms with E-state index in [0.717, 1.165) is 0 Å². The lowest BCUT2D eigenvalue weighted by Crippen LogP contribution is -2.32. The van der Waals surface area contributed by atoms with Crippen LogP contribution in [0, 0.1) is 5.92 Å².